The van der Waals surface area contributed by atoms with Gasteiger partial charge in [-0.1, -0.05) is 48.5 Å². The average Bonchev–Trinajstić information content (AvgIpc) is 3.20. The van der Waals surface area contributed by atoms with Gasteiger partial charge in [0.1, 0.15) is 6.10 Å². The zero-order valence-corrected chi connectivity index (χ0v) is 26.0. The van der Waals surface area contributed by atoms with Gasteiger partial charge in [0.2, 0.25) is 0 Å². The number of ether oxygens (including phenoxy) is 2. The zero-order valence-electron chi connectivity index (χ0n) is 26.0. The van der Waals surface area contributed by atoms with E-state index in [1.54, 1.807) is 0 Å². The summed E-state index contributed by atoms with van der Waals surface area (Å²) < 4.78 is 12.9. The van der Waals surface area contributed by atoms with Crippen LogP contribution in [0.15, 0.2) is 0 Å². The number of rotatable bonds is 5. The van der Waals surface area contributed by atoms with Crippen molar-refractivity contribution in [2.24, 2.45) is 56.2 Å². The van der Waals surface area contributed by atoms with Crippen LogP contribution in [0.4, 0.5) is 0 Å². The Morgan fingerprint density at radius 1 is 0.872 bits per heavy atom. The smallest absolute Gasteiger partial charge is 0.320 e. The van der Waals surface area contributed by atoms with Crippen LogP contribution < -0.4 is 5.32 Å². The molecule has 5 nitrogen and oxygen atoms in total. The van der Waals surface area contributed by atoms with Crippen molar-refractivity contribution in [1.29, 1.82) is 0 Å². The molecule has 2 N–H and O–H groups in total. The van der Waals surface area contributed by atoms with Gasteiger partial charge in [0, 0.05) is 12.0 Å². The van der Waals surface area contributed by atoms with Crippen LogP contribution in [0.3, 0.4) is 0 Å². The van der Waals surface area contributed by atoms with Crippen LogP contribution in [0.2, 0.25) is 0 Å². The number of hydrogen-bond acceptors (Lipinski definition) is 5. The maximum atomic E-state index is 12.6. The molecule has 2 bridgehead atoms. The monoisotopic (exact) mass is 543 g/mol. The van der Waals surface area contributed by atoms with Gasteiger partial charge in [0.25, 0.3) is 0 Å². The highest BCUT2D eigenvalue weighted by Crippen LogP contribution is 2.78. The van der Waals surface area contributed by atoms with Gasteiger partial charge < -0.3 is 19.9 Å². The van der Waals surface area contributed by atoms with Crippen molar-refractivity contribution in [2.75, 3.05) is 26.3 Å². The SMILES string of the molecule is CC1(C)CC[C@]23CC[C@]4(C)C(CCC5[C@@]6(C)CC[C@H](OC(=O)CNCCO)C(C)(C)C6CC[C@]54C)C2[C@@H]1OC3. The van der Waals surface area contributed by atoms with Gasteiger partial charge in [-0.15, -0.1) is 0 Å². The third-order valence-corrected chi connectivity index (χ3v) is 14.9. The quantitative estimate of drug-likeness (QED) is 0.312. The van der Waals surface area contributed by atoms with E-state index in [0.717, 1.165) is 37.2 Å². The van der Waals surface area contributed by atoms with E-state index in [4.69, 9.17) is 14.6 Å². The third-order valence-electron chi connectivity index (χ3n) is 14.9. The molecule has 5 aliphatic carbocycles. The predicted molar refractivity (Wildman–Crippen MR) is 154 cm³/mol. The van der Waals surface area contributed by atoms with Crippen LogP contribution >= 0.6 is 0 Å². The fourth-order valence-electron chi connectivity index (χ4n) is 12.6. The molecule has 0 aromatic rings. The fraction of sp³-hybridized carbons (Fsp3) is 0.971. The summed E-state index contributed by atoms with van der Waals surface area (Å²) in [5.74, 6) is 2.66. The molecule has 1 aliphatic heterocycles. The minimum atomic E-state index is -0.179. The van der Waals surface area contributed by atoms with Crippen molar-refractivity contribution in [3.8, 4) is 0 Å². The molecule has 6 aliphatic rings. The lowest BCUT2D eigenvalue weighted by Crippen LogP contribution is -2.68. The number of aliphatic hydroxyl groups excluding tert-OH is 1. The van der Waals surface area contributed by atoms with Crippen molar-refractivity contribution in [3.63, 3.8) is 0 Å². The molecule has 222 valence electrons. The van der Waals surface area contributed by atoms with Crippen LogP contribution in [0.1, 0.15) is 113 Å². The molecule has 4 unspecified atom stereocenters. The normalized spacial score (nSPS) is 51.2. The standard InChI is InChI=1S/C34H57NO4/c1-29(2)14-16-34-17-15-32(6)22(27(34)28(29)38-21-34)8-9-24-31(5)12-11-25(39-26(37)20-35-18-19-36)30(3,4)23(31)10-13-33(24,32)7/h22-25,27-28,35-36H,8-21H2,1-7H3/t22?,23?,24?,25-,27?,28-,31-,32+,33+,34+/m0/s1. The largest absolute Gasteiger partial charge is 0.461 e. The van der Waals surface area contributed by atoms with Crippen molar-refractivity contribution >= 4 is 5.97 Å². The first kappa shape index (κ1) is 28.5. The van der Waals surface area contributed by atoms with E-state index in [0.29, 0.717) is 45.6 Å². The van der Waals surface area contributed by atoms with Gasteiger partial charge in [-0.25, -0.2) is 0 Å². The molecule has 1 saturated heterocycles. The Hall–Kier alpha value is -0.650. The topological polar surface area (TPSA) is 67.8 Å². The molecule has 6 rings (SSSR count). The zero-order chi connectivity index (χ0) is 28.1. The summed E-state index contributed by atoms with van der Waals surface area (Å²) in [5.41, 5.74) is 1.75. The Kier molecular flexibility index (Phi) is 6.70. The minimum Gasteiger partial charge on any atom is -0.461 e. The van der Waals surface area contributed by atoms with E-state index >= 15 is 0 Å². The van der Waals surface area contributed by atoms with Gasteiger partial charge >= 0.3 is 5.97 Å². The molecule has 5 heteroatoms. The highest BCUT2D eigenvalue weighted by atomic mass is 16.5. The lowest BCUT2D eigenvalue weighted by atomic mass is 9.31. The first-order valence-corrected chi connectivity index (χ1v) is 16.4. The molecule has 0 aromatic heterocycles. The van der Waals surface area contributed by atoms with Crippen LogP contribution in [-0.4, -0.2) is 49.6 Å². The lowest BCUT2D eigenvalue weighted by molar-refractivity contribution is -0.254. The number of fused-ring (bicyclic) bond motifs is 5. The predicted octanol–water partition coefficient (Wildman–Crippen LogP) is 6.37. The van der Waals surface area contributed by atoms with Crippen molar-refractivity contribution < 1.29 is 19.4 Å². The molecule has 6 fully saturated rings. The van der Waals surface area contributed by atoms with E-state index in [9.17, 15) is 4.79 Å². The van der Waals surface area contributed by atoms with Crippen molar-refractivity contribution in [1.82, 2.24) is 5.32 Å². The van der Waals surface area contributed by atoms with E-state index in [1.807, 2.05) is 0 Å². The summed E-state index contributed by atoms with van der Waals surface area (Å²) in [6.07, 6.45) is 13.3. The molecule has 1 heterocycles. The molecule has 0 radical (unpaired) electrons. The number of carbonyl (C=O) groups is 1. The Morgan fingerprint density at radius 2 is 1.62 bits per heavy atom. The molecular weight excluding hydrogens is 486 g/mol. The van der Waals surface area contributed by atoms with Crippen molar-refractivity contribution in [2.45, 2.75) is 125 Å². The first-order chi connectivity index (χ1) is 18.3. The molecule has 0 spiro atoms. The minimum absolute atomic E-state index is 0.0259. The Balaban J connectivity index is 1.26. The Bertz CT molecular complexity index is 978. The Morgan fingerprint density at radius 3 is 2.36 bits per heavy atom. The summed E-state index contributed by atoms with van der Waals surface area (Å²) >= 11 is 0. The van der Waals surface area contributed by atoms with E-state index < -0.39 is 0 Å². The van der Waals surface area contributed by atoms with E-state index in [-0.39, 0.29) is 30.6 Å². The Labute approximate surface area is 237 Å². The second-order valence-electron chi connectivity index (χ2n) is 17.0. The molecule has 0 amide bonds. The van der Waals surface area contributed by atoms with Crippen LogP contribution in [0.5, 0.6) is 0 Å². The van der Waals surface area contributed by atoms with Gasteiger partial charge in [0.05, 0.1) is 25.9 Å². The number of carbonyl (C=O) groups excluding carboxylic acids is 1. The number of esters is 1. The summed E-state index contributed by atoms with van der Waals surface area (Å²) in [5, 5.41) is 12.0. The maximum Gasteiger partial charge on any atom is 0.320 e. The fourth-order valence-corrected chi connectivity index (χ4v) is 12.6. The summed E-state index contributed by atoms with van der Waals surface area (Å²) in [7, 11) is 0. The molecule has 10 atom stereocenters. The summed E-state index contributed by atoms with van der Waals surface area (Å²) in [6.45, 7) is 19.5. The highest BCUT2D eigenvalue weighted by molar-refractivity contribution is 5.71. The number of hydrogen-bond donors (Lipinski definition) is 2. The molecule has 5 saturated carbocycles. The van der Waals surface area contributed by atoms with Gasteiger partial charge in [-0.05, 0) is 115 Å². The maximum absolute atomic E-state index is 12.6. The van der Waals surface area contributed by atoms with Gasteiger partial charge in [-0.3, -0.25) is 4.79 Å². The lowest BCUT2D eigenvalue weighted by Gasteiger charge is -2.73. The van der Waals surface area contributed by atoms with Crippen molar-refractivity contribution in [3.05, 3.63) is 0 Å². The second-order valence-corrected chi connectivity index (χ2v) is 17.0. The highest BCUT2D eigenvalue weighted by Gasteiger charge is 2.72. The van der Waals surface area contributed by atoms with E-state index in [1.165, 1.54) is 51.4 Å². The van der Waals surface area contributed by atoms with E-state index in [2.05, 4.69) is 53.8 Å². The molecule has 39 heavy (non-hydrogen) atoms. The second kappa shape index (κ2) is 9.17. The van der Waals surface area contributed by atoms with Crippen LogP contribution in [0, 0.1) is 56.2 Å². The van der Waals surface area contributed by atoms with Crippen LogP contribution in [0.25, 0.3) is 0 Å². The average molecular weight is 544 g/mol. The first-order valence-electron chi connectivity index (χ1n) is 16.4. The number of aliphatic hydroxyl groups is 1. The molecular formula is C34H57NO4. The van der Waals surface area contributed by atoms with Gasteiger partial charge in [-0.2, -0.15) is 0 Å². The number of nitrogens with one attached hydrogen (secondary N) is 1. The summed E-state index contributed by atoms with van der Waals surface area (Å²) in [4.78, 5) is 12.6. The summed E-state index contributed by atoms with van der Waals surface area (Å²) in [6, 6.07) is 0. The van der Waals surface area contributed by atoms with Crippen LogP contribution in [-0.2, 0) is 14.3 Å². The van der Waals surface area contributed by atoms with Gasteiger partial charge in [0.15, 0.2) is 0 Å². The third kappa shape index (κ3) is 3.83. The molecule has 0 aromatic carbocycles.